The maximum atomic E-state index is 10.3. The van der Waals surface area contributed by atoms with E-state index >= 15 is 0 Å². The van der Waals surface area contributed by atoms with Gasteiger partial charge in [0, 0.05) is 44.0 Å². The van der Waals surface area contributed by atoms with E-state index in [-0.39, 0.29) is 5.41 Å². The Kier molecular flexibility index (Phi) is 6.55. The second kappa shape index (κ2) is 11.3. The molecule has 1 aliphatic carbocycles. The molecule has 2 aromatic heterocycles. The molecule has 4 heteroatoms. The second-order valence-corrected chi connectivity index (χ2v) is 14.1. The maximum Gasteiger partial charge on any atom is 0.160 e. The van der Waals surface area contributed by atoms with Crippen LogP contribution in [0.15, 0.2) is 158 Å². The quantitative estimate of drug-likeness (QED) is 0.188. The highest BCUT2D eigenvalue weighted by Gasteiger charge is 2.37. The van der Waals surface area contributed by atoms with Gasteiger partial charge in [0.05, 0.1) is 33.9 Å². The van der Waals surface area contributed by atoms with E-state index in [1.54, 1.807) is 0 Å². The average Bonchev–Trinajstić information content (AvgIpc) is 3.66. The molecule has 0 saturated heterocycles. The minimum absolute atomic E-state index is 0.146. The smallest absolute Gasteiger partial charge is 0.160 e. The first-order valence-electron chi connectivity index (χ1n) is 17.7. The number of hydrogen-bond acceptors (Lipinski definition) is 3. The molecule has 0 unspecified atom stereocenters. The van der Waals surface area contributed by atoms with Crippen molar-refractivity contribution in [3.63, 3.8) is 0 Å². The molecule has 0 aliphatic heterocycles. The number of benzene rings is 7. The van der Waals surface area contributed by atoms with Crippen LogP contribution in [0.25, 0.3) is 83.3 Å². The van der Waals surface area contributed by atoms with Crippen molar-refractivity contribution in [2.75, 3.05) is 0 Å². The van der Waals surface area contributed by atoms with Crippen LogP contribution < -0.4 is 0 Å². The molecule has 4 nitrogen and oxygen atoms in total. The van der Waals surface area contributed by atoms with Crippen molar-refractivity contribution in [3.05, 3.63) is 174 Å². The second-order valence-electron chi connectivity index (χ2n) is 14.1. The average molecular weight is 665 g/mol. The van der Waals surface area contributed by atoms with Crippen molar-refractivity contribution in [3.8, 4) is 56.7 Å². The highest BCUT2D eigenvalue weighted by atomic mass is 15.0. The number of hydrogen-bond donors (Lipinski definition) is 0. The topological polar surface area (TPSA) is 54.5 Å². The van der Waals surface area contributed by atoms with Gasteiger partial charge in [-0.25, -0.2) is 9.97 Å². The number of nitrogens with zero attached hydrogens (tertiary/aromatic N) is 4. The summed E-state index contributed by atoms with van der Waals surface area (Å²) >= 11 is 0. The lowest BCUT2D eigenvalue weighted by molar-refractivity contribution is 0.661. The monoisotopic (exact) mass is 664 g/mol. The minimum atomic E-state index is -0.146. The number of rotatable bonds is 4. The van der Waals surface area contributed by atoms with E-state index in [9.17, 15) is 5.26 Å². The van der Waals surface area contributed by atoms with Crippen LogP contribution in [0.4, 0.5) is 0 Å². The normalized spacial score (nSPS) is 12.9. The van der Waals surface area contributed by atoms with Crippen molar-refractivity contribution < 1.29 is 0 Å². The van der Waals surface area contributed by atoms with Crippen molar-refractivity contribution in [1.82, 2.24) is 14.5 Å². The lowest BCUT2D eigenvalue weighted by atomic mass is 9.82. The van der Waals surface area contributed by atoms with E-state index in [2.05, 4.69) is 128 Å². The summed E-state index contributed by atoms with van der Waals surface area (Å²) in [5.74, 6) is 0.632. The van der Waals surface area contributed by atoms with Crippen LogP contribution in [-0.4, -0.2) is 14.5 Å². The van der Waals surface area contributed by atoms with Crippen molar-refractivity contribution in [2.24, 2.45) is 0 Å². The van der Waals surface area contributed by atoms with E-state index in [0.717, 1.165) is 50.1 Å². The van der Waals surface area contributed by atoms with Crippen LogP contribution in [0.1, 0.15) is 30.5 Å². The number of para-hydroxylation sites is 2. The minimum Gasteiger partial charge on any atom is -0.309 e. The highest BCUT2D eigenvalue weighted by molar-refractivity contribution is 6.15. The van der Waals surface area contributed by atoms with E-state index in [0.29, 0.717) is 11.4 Å². The number of nitriles is 1. The van der Waals surface area contributed by atoms with Crippen LogP contribution in [0.2, 0.25) is 0 Å². The molecule has 52 heavy (non-hydrogen) atoms. The van der Waals surface area contributed by atoms with Gasteiger partial charge in [-0.15, -0.1) is 0 Å². The first kappa shape index (κ1) is 30.0. The molecule has 0 fully saturated rings. The van der Waals surface area contributed by atoms with Crippen LogP contribution in [0, 0.1) is 11.3 Å². The number of fused-ring (bicyclic) bond motifs is 8. The first-order valence-corrected chi connectivity index (χ1v) is 17.7. The Hall–Kier alpha value is -6.83. The molecular formula is C48H32N4. The van der Waals surface area contributed by atoms with Gasteiger partial charge in [-0.3, -0.25) is 0 Å². The summed E-state index contributed by atoms with van der Waals surface area (Å²) in [5.41, 5.74) is 14.4. The standard InChI is InChI=1S/C48H32N4/c1-48(2)40-21-11-8-19-38(40)44-41(48)25-24-37-36-18-10-13-23-43(36)52(46(37)44)34-27-32(35-17-7-6-16-31(35)29-49)26-33(28-34)47-50-42-22-12-9-20-39(42)45(51-47)30-14-4-3-5-15-30/h3-28H,1-2H3. The molecule has 0 spiro atoms. The van der Waals surface area contributed by atoms with Gasteiger partial charge in [-0.05, 0) is 64.2 Å². The first-order chi connectivity index (χ1) is 25.5. The van der Waals surface area contributed by atoms with Crippen LogP contribution in [-0.2, 0) is 5.41 Å². The molecule has 0 bridgehead atoms. The summed E-state index contributed by atoms with van der Waals surface area (Å²) in [6.07, 6.45) is 0. The zero-order chi connectivity index (χ0) is 35.0. The van der Waals surface area contributed by atoms with E-state index < -0.39 is 0 Å². The molecule has 244 valence electrons. The summed E-state index contributed by atoms with van der Waals surface area (Å²) in [4.78, 5) is 10.5. The molecule has 0 amide bonds. The largest absolute Gasteiger partial charge is 0.309 e. The summed E-state index contributed by atoms with van der Waals surface area (Å²) in [6, 6.07) is 57.5. The van der Waals surface area contributed by atoms with Crippen molar-refractivity contribution in [2.45, 2.75) is 19.3 Å². The third kappa shape index (κ3) is 4.39. The van der Waals surface area contributed by atoms with Gasteiger partial charge in [-0.1, -0.05) is 135 Å². The predicted octanol–water partition coefficient (Wildman–Crippen LogP) is 11.9. The Morgan fingerprint density at radius 3 is 2.10 bits per heavy atom. The van der Waals surface area contributed by atoms with Gasteiger partial charge >= 0.3 is 0 Å². The molecule has 0 N–H and O–H groups in total. The predicted molar refractivity (Wildman–Crippen MR) is 212 cm³/mol. The summed E-state index contributed by atoms with van der Waals surface area (Å²) in [6.45, 7) is 4.66. The summed E-state index contributed by atoms with van der Waals surface area (Å²) in [7, 11) is 0. The Balaban J connectivity index is 1.33. The number of aromatic nitrogens is 3. The molecule has 2 heterocycles. The molecule has 9 aromatic rings. The summed E-state index contributed by atoms with van der Waals surface area (Å²) < 4.78 is 2.42. The molecule has 7 aromatic carbocycles. The Bertz CT molecular complexity index is 2940. The fraction of sp³-hybridized carbons (Fsp3) is 0.0625. The van der Waals surface area contributed by atoms with Gasteiger partial charge in [-0.2, -0.15) is 5.26 Å². The SMILES string of the molecule is CC1(C)c2ccccc2-c2c1ccc1c3ccccc3n(-c3cc(-c4nc(-c5ccccc5)c5ccccc5n4)cc(-c4ccccc4C#N)c3)c21. The lowest BCUT2D eigenvalue weighted by Gasteiger charge is -2.21. The zero-order valence-corrected chi connectivity index (χ0v) is 28.8. The van der Waals surface area contributed by atoms with Gasteiger partial charge in [0.1, 0.15) is 0 Å². The Morgan fingerprint density at radius 1 is 0.558 bits per heavy atom. The van der Waals surface area contributed by atoms with E-state index in [1.807, 2.05) is 54.6 Å². The molecular weight excluding hydrogens is 633 g/mol. The van der Waals surface area contributed by atoms with Gasteiger partial charge in [0.2, 0.25) is 0 Å². The Morgan fingerprint density at radius 2 is 1.25 bits per heavy atom. The van der Waals surface area contributed by atoms with Crippen LogP contribution in [0.5, 0.6) is 0 Å². The van der Waals surface area contributed by atoms with Crippen molar-refractivity contribution >= 4 is 32.7 Å². The third-order valence-corrected chi connectivity index (χ3v) is 10.8. The molecule has 0 saturated carbocycles. The highest BCUT2D eigenvalue weighted by Crippen LogP contribution is 2.53. The molecule has 1 aliphatic rings. The van der Waals surface area contributed by atoms with E-state index in [4.69, 9.17) is 9.97 Å². The fourth-order valence-electron chi connectivity index (χ4n) is 8.39. The molecule has 10 rings (SSSR count). The molecule has 0 atom stereocenters. The van der Waals surface area contributed by atoms with Crippen molar-refractivity contribution in [1.29, 1.82) is 5.26 Å². The van der Waals surface area contributed by atoms with E-state index in [1.165, 1.54) is 38.5 Å². The van der Waals surface area contributed by atoms with Gasteiger partial charge < -0.3 is 4.57 Å². The third-order valence-electron chi connectivity index (χ3n) is 10.8. The lowest BCUT2D eigenvalue weighted by Crippen LogP contribution is -2.14. The Labute approximate surface area is 301 Å². The molecule has 0 radical (unpaired) electrons. The van der Waals surface area contributed by atoms with Gasteiger partial charge in [0.25, 0.3) is 0 Å². The van der Waals surface area contributed by atoms with Crippen LogP contribution >= 0.6 is 0 Å². The maximum absolute atomic E-state index is 10.3. The summed E-state index contributed by atoms with van der Waals surface area (Å²) in [5, 5.41) is 13.7. The zero-order valence-electron chi connectivity index (χ0n) is 28.8. The van der Waals surface area contributed by atoms with Crippen LogP contribution in [0.3, 0.4) is 0 Å². The fourth-order valence-corrected chi connectivity index (χ4v) is 8.39. The van der Waals surface area contributed by atoms with Gasteiger partial charge in [0.15, 0.2) is 5.82 Å².